The molecule has 124 valence electrons. The fraction of sp³-hybridized carbons (Fsp3) is 0.733. The second kappa shape index (κ2) is 6.76. The average molecular weight is 319 g/mol. The van der Waals surface area contributed by atoms with E-state index in [1.165, 1.54) is 0 Å². The van der Waals surface area contributed by atoms with E-state index in [2.05, 4.69) is 25.6 Å². The molecule has 1 unspecified atom stereocenters. The van der Waals surface area contributed by atoms with Crippen molar-refractivity contribution >= 4 is 0 Å². The normalized spacial score (nSPS) is 28.3. The van der Waals surface area contributed by atoms with Gasteiger partial charge in [-0.25, -0.2) is 0 Å². The molecule has 0 radical (unpaired) electrons. The average Bonchev–Trinajstić information content (AvgIpc) is 3.35. The lowest BCUT2D eigenvalue weighted by molar-refractivity contribution is -0.0350. The van der Waals surface area contributed by atoms with Gasteiger partial charge in [0.15, 0.2) is 5.69 Å². The first-order valence-electron chi connectivity index (χ1n) is 8.31. The van der Waals surface area contributed by atoms with Gasteiger partial charge in [0.25, 0.3) is 0 Å². The van der Waals surface area contributed by atoms with Gasteiger partial charge in [-0.3, -0.25) is 0 Å². The Hall–Kier alpha value is -1.80. The molecule has 8 heteroatoms. The van der Waals surface area contributed by atoms with E-state index in [1.54, 1.807) is 6.20 Å². The van der Waals surface area contributed by atoms with Gasteiger partial charge in [0.1, 0.15) is 0 Å². The van der Waals surface area contributed by atoms with Crippen molar-refractivity contribution in [3.8, 4) is 11.5 Å². The van der Waals surface area contributed by atoms with Crippen LogP contribution in [-0.2, 0) is 9.47 Å². The highest BCUT2D eigenvalue weighted by Gasteiger charge is 2.28. The molecule has 1 saturated heterocycles. The van der Waals surface area contributed by atoms with Gasteiger partial charge in [-0.05, 0) is 38.5 Å². The van der Waals surface area contributed by atoms with Crippen LogP contribution < -0.4 is 0 Å². The molecule has 2 aromatic rings. The number of nitrogens with zero attached hydrogens (tertiary/aromatic N) is 4. The molecule has 0 aromatic carbocycles. The van der Waals surface area contributed by atoms with Crippen molar-refractivity contribution in [1.29, 1.82) is 0 Å². The second-order valence-electron chi connectivity index (χ2n) is 6.25. The Balaban J connectivity index is 1.27. The summed E-state index contributed by atoms with van der Waals surface area (Å²) in [5.41, 5.74) is 0.605. The van der Waals surface area contributed by atoms with Crippen LogP contribution in [0.3, 0.4) is 0 Å². The highest BCUT2D eigenvalue weighted by Crippen LogP contribution is 2.34. The van der Waals surface area contributed by atoms with Crippen molar-refractivity contribution in [1.82, 2.24) is 25.6 Å². The first kappa shape index (κ1) is 14.8. The summed E-state index contributed by atoms with van der Waals surface area (Å²) in [5, 5.41) is 14.3. The lowest BCUT2D eigenvalue weighted by Gasteiger charge is -2.27. The van der Waals surface area contributed by atoms with E-state index in [9.17, 15) is 0 Å². The number of H-pyrrole nitrogens is 1. The van der Waals surface area contributed by atoms with E-state index in [0.717, 1.165) is 51.7 Å². The summed E-state index contributed by atoms with van der Waals surface area (Å²) in [6.45, 7) is 1.61. The molecule has 1 aliphatic heterocycles. The Bertz CT molecular complexity index is 600. The molecular formula is C15H21N5O3. The third kappa shape index (κ3) is 3.42. The Morgan fingerprint density at radius 3 is 2.87 bits per heavy atom. The molecule has 2 aromatic heterocycles. The molecule has 1 N–H and O–H groups in total. The zero-order valence-corrected chi connectivity index (χ0v) is 13.0. The van der Waals surface area contributed by atoms with Crippen LogP contribution in [0.5, 0.6) is 0 Å². The molecule has 0 amide bonds. The molecule has 1 aliphatic carbocycles. The molecule has 0 bridgehead atoms. The zero-order chi connectivity index (χ0) is 15.5. The summed E-state index contributed by atoms with van der Waals surface area (Å²) in [6, 6.07) is 0. The van der Waals surface area contributed by atoms with E-state index >= 15 is 0 Å². The molecule has 1 atom stereocenters. The standard InChI is InChI=1S/C15H21N5O3/c1-2-12(21-7-1)9-22-11-5-3-10(4-6-11)15-17-14(19-23-15)13-8-16-20-18-13/h8,10-12H,1-7,9H2,(H,16,18,20). The lowest BCUT2D eigenvalue weighted by atomic mass is 9.87. The minimum atomic E-state index is 0.300. The third-order valence-electron chi connectivity index (χ3n) is 4.65. The monoisotopic (exact) mass is 319 g/mol. The number of aromatic amines is 1. The maximum atomic E-state index is 6.00. The van der Waals surface area contributed by atoms with Gasteiger partial charge in [-0.15, -0.1) is 0 Å². The zero-order valence-electron chi connectivity index (χ0n) is 13.0. The van der Waals surface area contributed by atoms with Gasteiger partial charge in [-0.1, -0.05) is 5.16 Å². The Labute approximate surface area is 133 Å². The van der Waals surface area contributed by atoms with Crippen LogP contribution in [0.25, 0.3) is 11.5 Å². The molecular weight excluding hydrogens is 298 g/mol. The fourth-order valence-corrected chi connectivity index (χ4v) is 3.31. The van der Waals surface area contributed by atoms with Gasteiger partial charge in [0.2, 0.25) is 11.7 Å². The molecule has 23 heavy (non-hydrogen) atoms. The molecule has 2 aliphatic rings. The largest absolute Gasteiger partial charge is 0.376 e. The van der Waals surface area contributed by atoms with E-state index in [4.69, 9.17) is 14.0 Å². The summed E-state index contributed by atoms with van der Waals surface area (Å²) in [5.74, 6) is 1.50. The number of hydrogen-bond donors (Lipinski definition) is 1. The summed E-state index contributed by atoms with van der Waals surface area (Å²) < 4.78 is 17.0. The predicted molar refractivity (Wildman–Crippen MR) is 79.6 cm³/mol. The van der Waals surface area contributed by atoms with Crippen LogP contribution in [0, 0.1) is 0 Å². The highest BCUT2D eigenvalue weighted by atomic mass is 16.5. The van der Waals surface area contributed by atoms with Crippen LogP contribution in [0.15, 0.2) is 10.7 Å². The van der Waals surface area contributed by atoms with Crippen LogP contribution in [0.2, 0.25) is 0 Å². The van der Waals surface area contributed by atoms with E-state index in [1.807, 2.05) is 0 Å². The van der Waals surface area contributed by atoms with Crippen molar-refractivity contribution in [3.63, 3.8) is 0 Å². The van der Waals surface area contributed by atoms with E-state index in [0.29, 0.717) is 35.5 Å². The number of nitrogens with one attached hydrogen (secondary N) is 1. The van der Waals surface area contributed by atoms with Gasteiger partial charge in [0, 0.05) is 12.5 Å². The molecule has 3 heterocycles. The quantitative estimate of drug-likeness (QED) is 0.900. The Morgan fingerprint density at radius 1 is 1.22 bits per heavy atom. The van der Waals surface area contributed by atoms with Gasteiger partial charge in [-0.2, -0.15) is 20.4 Å². The van der Waals surface area contributed by atoms with Crippen LogP contribution in [0.4, 0.5) is 0 Å². The summed E-state index contributed by atoms with van der Waals surface area (Å²) in [4.78, 5) is 4.45. The molecule has 0 spiro atoms. The Kier molecular flexibility index (Phi) is 4.34. The van der Waals surface area contributed by atoms with Crippen LogP contribution in [-0.4, -0.2) is 51.0 Å². The second-order valence-corrected chi connectivity index (χ2v) is 6.25. The fourth-order valence-electron chi connectivity index (χ4n) is 3.31. The number of ether oxygens (including phenoxy) is 2. The number of hydrogen-bond acceptors (Lipinski definition) is 7. The van der Waals surface area contributed by atoms with E-state index in [-0.39, 0.29) is 0 Å². The molecule has 4 rings (SSSR count). The van der Waals surface area contributed by atoms with Gasteiger partial charge >= 0.3 is 0 Å². The topological polar surface area (TPSA) is 99.0 Å². The molecule has 2 fully saturated rings. The van der Waals surface area contributed by atoms with Crippen molar-refractivity contribution in [2.24, 2.45) is 0 Å². The summed E-state index contributed by atoms with van der Waals surface area (Å²) in [7, 11) is 0. The van der Waals surface area contributed by atoms with Crippen molar-refractivity contribution in [2.45, 2.75) is 56.7 Å². The summed E-state index contributed by atoms with van der Waals surface area (Å²) >= 11 is 0. The maximum absolute atomic E-state index is 6.00. The van der Waals surface area contributed by atoms with Crippen molar-refractivity contribution in [3.05, 3.63) is 12.1 Å². The Morgan fingerprint density at radius 2 is 2.13 bits per heavy atom. The third-order valence-corrected chi connectivity index (χ3v) is 4.65. The molecule has 1 saturated carbocycles. The van der Waals surface area contributed by atoms with E-state index < -0.39 is 0 Å². The minimum absolute atomic E-state index is 0.300. The smallest absolute Gasteiger partial charge is 0.230 e. The first-order valence-corrected chi connectivity index (χ1v) is 8.31. The lowest BCUT2D eigenvalue weighted by Crippen LogP contribution is -2.25. The number of aromatic nitrogens is 5. The SMILES string of the molecule is c1n[nH]nc1-c1noc(C2CCC(OCC3CCCO3)CC2)n1. The molecule has 8 nitrogen and oxygen atoms in total. The van der Waals surface area contributed by atoms with Crippen molar-refractivity contribution in [2.75, 3.05) is 13.2 Å². The van der Waals surface area contributed by atoms with Crippen LogP contribution in [0.1, 0.15) is 50.3 Å². The number of rotatable bonds is 5. The van der Waals surface area contributed by atoms with Gasteiger partial charge < -0.3 is 14.0 Å². The predicted octanol–water partition coefficient (Wildman–Crippen LogP) is 2.08. The minimum Gasteiger partial charge on any atom is -0.376 e. The van der Waals surface area contributed by atoms with Crippen molar-refractivity contribution < 1.29 is 14.0 Å². The van der Waals surface area contributed by atoms with Gasteiger partial charge in [0.05, 0.1) is 25.0 Å². The maximum Gasteiger partial charge on any atom is 0.230 e. The van der Waals surface area contributed by atoms with Crippen LogP contribution >= 0.6 is 0 Å². The summed E-state index contributed by atoms with van der Waals surface area (Å²) in [6.07, 6.45) is 8.58. The first-order chi connectivity index (χ1) is 11.4. The highest BCUT2D eigenvalue weighted by molar-refractivity contribution is 5.44.